The molecule has 0 spiro atoms. The Morgan fingerprint density at radius 1 is 1.00 bits per heavy atom. The number of likely N-dealkylation sites (N-methyl/N-ethyl adjacent to an activating group) is 1. The highest BCUT2D eigenvalue weighted by molar-refractivity contribution is 6.00. The van der Waals surface area contributed by atoms with E-state index in [2.05, 4.69) is 0 Å². The molecule has 0 bridgehead atoms. The molecule has 3 fully saturated rings. The van der Waals surface area contributed by atoms with Gasteiger partial charge in [0.15, 0.2) is 12.1 Å². The van der Waals surface area contributed by atoms with Crippen molar-refractivity contribution in [1.82, 2.24) is 4.90 Å². The van der Waals surface area contributed by atoms with Gasteiger partial charge in [-0.05, 0) is 60.0 Å². The Morgan fingerprint density at radius 2 is 1.63 bits per heavy atom. The molecule has 0 aromatic heterocycles. The molecule has 1 N–H and O–H groups in total. The van der Waals surface area contributed by atoms with Crippen molar-refractivity contribution in [1.29, 1.82) is 0 Å². The number of aliphatic hydroxyl groups excluding tert-OH is 1. The van der Waals surface area contributed by atoms with Gasteiger partial charge >= 0.3 is 5.97 Å². The van der Waals surface area contributed by atoms with E-state index in [1.54, 1.807) is 13.8 Å². The summed E-state index contributed by atoms with van der Waals surface area (Å²) in [5.41, 5.74) is -1.89. The summed E-state index contributed by atoms with van der Waals surface area (Å²) in [5.74, 6) is -4.30. The molecular formula is C33H55NO9. The molecule has 2 saturated heterocycles. The maximum Gasteiger partial charge on any atom is 0.316 e. The number of hydrogen-bond acceptors (Lipinski definition) is 10. The van der Waals surface area contributed by atoms with Crippen molar-refractivity contribution < 1.29 is 43.2 Å². The van der Waals surface area contributed by atoms with Crippen LogP contribution in [0.2, 0.25) is 0 Å². The second kappa shape index (κ2) is 13.7. The van der Waals surface area contributed by atoms with Gasteiger partial charge in [-0.1, -0.05) is 34.6 Å². The maximum absolute atomic E-state index is 14.0. The molecule has 3 aliphatic rings. The molecule has 0 radical (unpaired) electrons. The number of Topliss-reactive ketones (excluding diaryl/α,β-unsaturated/α-hetero) is 3. The van der Waals surface area contributed by atoms with Gasteiger partial charge in [-0.3, -0.25) is 19.2 Å². The van der Waals surface area contributed by atoms with E-state index in [-0.39, 0.29) is 48.9 Å². The van der Waals surface area contributed by atoms with Crippen LogP contribution in [0, 0.1) is 35.0 Å². The zero-order chi connectivity index (χ0) is 32.6. The normalized spacial score (nSPS) is 45.6. The summed E-state index contributed by atoms with van der Waals surface area (Å²) in [5, 5.41) is 11.3. The third-order valence-electron chi connectivity index (χ3n) is 10.8. The molecule has 0 aromatic carbocycles. The molecule has 2 aliphatic heterocycles. The van der Waals surface area contributed by atoms with Crippen LogP contribution >= 0.6 is 0 Å². The van der Waals surface area contributed by atoms with Gasteiger partial charge in [-0.2, -0.15) is 0 Å². The van der Waals surface area contributed by atoms with Gasteiger partial charge in [0.05, 0.1) is 17.8 Å². The van der Waals surface area contributed by atoms with Gasteiger partial charge in [0.2, 0.25) is 0 Å². The molecule has 10 heteroatoms. The number of ether oxygens (including phenoxy) is 4. The predicted molar refractivity (Wildman–Crippen MR) is 160 cm³/mol. The van der Waals surface area contributed by atoms with Gasteiger partial charge < -0.3 is 29.0 Å². The van der Waals surface area contributed by atoms with Crippen LogP contribution < -0.4 is 0 Å². The van der Waals surface area contributed by atoms with Crippen LogP contribution in [0.3, 0.4) is 0 Å². The number of esters is 1. The molecule has 10 nitrogen and oxygen atoms in total. The number of ketones is 3. The summed E-state index contributed by atoms with van der Waals surface area (Å²) in [7, 11) is 5.27. The Morgan fingerprint density at radius 3 is 2.19 bits per heavy atom. The van der Waals surface area contributed by atoms with E-state index in [1.807, 2.05) is 53.6 Å². The molecule has 3 rings (SSSR count). The lowest BCUT2D eigenvalue weighted by molar-refractivity contribution is -0.295. The number of rotatable bonds is 5. The lowest BCUT2D eigenvalue weighted by atomic mass is 9.66. The molecule has 0 amide bonds. The standard InChI is InChI=1S/C33H55NO9/c1-12-25-32(7)16-22(35)14-23(32)19(4)26(36)17(2)15-33(8,40-11)29(20(5)27(37)21(6)30(39)42-25)43-31-28(38)24(34(9)10)13-18(3)41-31/h17-21,23-25,28-29,31,38H,12-16H2,1-11H3/t17-,18-,19-,20+,21-,23-,24+,25-,28-,29-,31+,32+,33-/m1/s1. The minimum atomic E-state index is -1.17. The molecule has 0 unspecified atom stereocenters. The summed E-state index contributed by atoms with van der Waals surface area (Å²) in [6.07, 6.45) is -2.15. The number of cyclic esters (lactones) is 1. The zero-order valence-corrected chi connectivity index (χ0v) is 28.0. The molecule has 0 aromatic rings. The van der Waals surface area contributed by atoms with E-state index in [4.69, 9.17) is 18.9 Å². The summed E-state index contributed by atoms with van der Waals surface area (Å²) in [6.45, 7) is 14.4. The quantitative estimate of drug-likeness (QED) is 0.365. The van der Waals surface area contributed by atoms with Gasteiger partial charge in [0.25, 0.3) is 0 Å². The third kappa shape index (κ3) is 7.08. The molecule has 2 heterocycles. The first kappa shape index (κ1) is 35.8. The molecule has 43 heavy (non-hydrogen) atoms. The number of methoxy groups -OCH3 is 1. The van der Waals surface area contributed by atoms with E-state index < -0.39 is 71.0 Å². The first-order valence-corrected chi connectivity index (χ1v) is 15.9. The zero-order valence-electron chi connectivity index (χ0n) is 28.0. The monoisotopic (exact) mass is 609 g/mol. The molecule has 1 aliphatic carbocycles. The van der Waals surface area contributed by atoms with Gasteiger partial charge in [0, 0.05) is 49.2 Å². The van der Waals surface area contributed by atoms with E-state index >= 15 is 0 Å². The van der Waals surface area contributed by atoms with Crippen molar-refractivity contribution in [3.05, 3.63) is 0 Å². The Kier molecular flexibility index (Phi) is 11.4. The fraction of sp³-hybridized carbons (Fsp3) is 0.879. The van der Waals surface area contributed by atoms with Gasteiger partial charge in [0.1, 0.15) is 29.7 Å². The van der Waals surface area contributed by atoms with Crippen molar-refractivity contribution in [2.45, 2.75) is 130 Å². The summed E-state index contributed by atoms with van der Waals surface area (Å²) >= 11 is 0. The molecule has 13 atom stereocenters. The first-order valence-electron chi connectivity index (χ1n) is 15.9. The van der Waals surface area contributed by atoms with Crippen molar-refractivity contribution >= 4 is 23.3 Å². The topological polar surface area (TPSA) is 129 Å². The third-order valence-corrected chi connectivity index (χ3v) is 10.8. The number of hydrogen-bond donors (Lipinski definition) is 1. The van der Waals surface area contributed by atoms with Crippen molar-refractivity contribution in [2.24, 2.45) is 35.0 Å². The Hall–Kier alpha value is -1.72. The van der Waals surface area contributed by atoms with Gasteiger partial charge in [-0.25, -0.2) is 0 Å². The van der Waals surface area contributed by atoms with Crippen molar-refractivity contribution in [3.8, 4) is 0 Å². The number of aliphatic hydroxyl groups is 1. The van der Waals surface area contributed by atoms with Crippen LogP contribution in [0.1, 0.15) is 87.5 Å². The minimum Gasteiger partial charge on any atom is -0.461 e. The number of carbonyl (C=O) groups is 4. The molecule has 1 saturated carbocycles. The van der Waals surface area contributed by atoms with E-state index in [1.165, 1.54) is 14.0 Å². The number of fused-ring (bicyclic) bond motifs is 1. The van der Waals surface area contributed by atoms with Crippen LogP contribution in [0.25, 0.3) is 0 Å². The largest absolute Gasteiger partial charge is 0.461 e. The SMILES string of the molecule is CC[C@H]1OC(=O)[C@H](C)C(=O)[C@H](C)[C@@H](O[C@@H]2O[C@H](C)C[C@H](N(C)C)[C@H]2O)[C@](C)(OC)C[C@@H](C)C(=O)[C@H](C)[C@H]2CC(=O)C[C@@]21C. The van der Waals surface area contributed by atoms with Crippen LogP contribution in [-0.4, -0.2) is 96.9 Å². The van der Waals surface area contributed by atoms with Gasteiger partial charge in [-0.15, -0.1) is 0 Å². The first-order chi connectivity index (χ1) is 19.9. The lowest BCUT2D eigenvalue weighted by Crippen LogP contribution is -2.59. The van der Waals surface area contributed by atoms with Crippen LogP contribution in [-0.2, 0) is 38.1 Å². The van der Waals surface area contributed by atoms with Crippen LogP contribution in [0.4, 0.5) is 0 Å². The fourth-order valence-corrected chi connectivity index (χ4v) is 8.05. The average Bonchev–Trinajstić information content (AvgIpc) is 3.27. The summed E-state index contributed by atoms with van der Waals surface area (Å²) in [4.78, 5) is 56.3. The number of nitrogens with zero attached hydrogens (tertiary/aromatic N) is 1. The van der Waals surface area contributed by atoms with Crippen molar-refractivity contribution in [3.63, 3.8) is 0 Å². The highest BCUT2D eigenvalue weighted by atomic mass is 16.7. The Bertz CT molecular complexity index is 1050. The van der Waals surface area contributed by atoms with E-state index in [9.17, 15) is 24.3 Å². The lowest BCUT2D eigenvalue weighted by Gasteiger charge is -2.47. The fourth-order valence-electron chi connectivity index (χ4n) is 8.05. The van der Waals surface area contributed by atoms with Crippen molar-refractivity contribution in [2.75, 3.05) is 21.2 Å². The predicted octanol–water partition coefficient (Wildman–Crippen LogP) is 3.60. The molecule has 246 valence electrons. The summed E-state index contributed by atoms with van der Waals surface area (Å²) in [6, 6.07) is -0.239. The second-order valence-electron chi connectivity index (χ2n) is 14.2. The summed E-state index contributed by atoms with van der Waals surface area (Å²) < 4.78 is 24.7. The highest BCUT2D eigenvalue weighted by Crippen LogP contribution is 2.51. The maximum atomic E-state index is 14.0. The Balaban J connectivity index is 2.09. The Labute approximate surface area is 257 Å². The smallest absolute Gasteiger partial charge is 0.316 e. The van der Waals surface area contributed by atoms with E-state index in [0.717, 1.165) is 0 Å². The van der Waals surface area contributed by atoms with Crippen LogP contribution in [0.15, 0.2) is 0 Å². The highest BCUT2D eigenvalue weighted by Gasteiger charge is 2.55. The minimum absolute atomic E-state index is 0.0196. The van der Waals surface area contributed by atoms with E-state index in [0.29, 0.717) is 12.8 Å². The average molecular weight is 610 g/mol. The number of carbonyl (C=O) groups excluding carboxylic acids is 4. The molecular weight excluding hydrogens is 554 g/mol. The second-order valence-corrected chi connectivity index (χ2v) is 14.2. The van der Waals surface area contributed by atoms with Crippen LogP contribution in [0.5, 0.6) is 0 Å².